The van der Waals surface area contributed by atoms with E-state index in [1.807, 2.05) is 0 Å². The van der Waals surface area contributed by atoms with Crippen LogP contribution in [0.15, 0.2) is 60.7 Å². The molecule has 0 bridgehead atoms. The van der Waals surface area contributed by atoms with E-state index in [-0.39, 0.29) is 11.1 Å². The molecule has 1 fully saturated rings. The number of hydrogen-bond acceptors (Lipinski definition) is 2. The van der Waals surface area contributed by atoms with Gasteiger partial charge in [-0.15, -0.1) is 0 Å². The molecule has 23 heavy (non-hydrogen) atoms. The molecule has 4 N–H and O–H groups in total. The predicted molar refractivity (Wildman–Crippen MR) is 97.1 cm³/mol. The minimum atomic E-state index is -0.171. The Morgan fingerprint density at radius 2 is 1.43 bits per heavy atom. The second-order valence-corrected chi connectivity index (χ2v) is 7.64. The highest BCUT2D eigenvalue weighted by Gasteiger charge is 2.43. The lowest BCUT2D eigenvalue weighted by Crippen LogP contribution is -2.58. The van der Waals surface area contributed by atoms with Crippen LogP contribution in [0.4, 0.5) is 0 Å². The fraction of sp³-hybridized carbons (Fsp3) is 0.429. The zero-order valence-electron chi connectivity index (χ0n) is 14.0. The molecule has 1 saturated carbocycles. The molecular formula is C21H28N2. The monoisotopic (exact) mass is 308 g/mol. The second kappa shape index (κ2) is 6.46. The summed E-state index contributed by atoms with van der Waals surface area (Å²) in [6, 6.07) is 21.3. The van der Waals surface area contributed by atoms with Gasteiger partial charge in [-0.05, 0) is 56.1 Å². The minimum absolute atomic E-state index is 0.0982. The van der Waals surface area contributed by atoms with Crippen molar-refractivity contribution in [2.45, 2.75) is 50.1 Å². The lowest BCUT2D eigenvalue weighted by atomic mass is 9.63. The van der Waals surface area contributed by atoms with E-state index in [2.05, 4.69) is 67.6 Å². The number of nitrogens with two attached hydrogens (primary N) is 2. The largest absolute Gasteiger partial charge is 0.325 e. The molecule has 0 saturated heterocycles. The summed E-state index contributed by atoms with van der Waals surface area (Å²) in [5.74, 6) is 0.411. The van der Waals surface area contributed by atoms with Gasteiger partial charge in [0.2, 0.25) is 0 Å². The van der Waals surface area contributed by atoms with Crippen molar-refractivity contribution < 1.29 is 0 Å². The molecule has 122 valence electrons. The van der Waals surface area contributed by atoms with Gasteiger partial charge >= 0.3 is 0 Å². The third-order valence-corrected chi connectivity index (χ3v) is 5.39. The summed E-state index contributed by atoms with van der Waals surface area (Å²) in [6.45, 7) is 2.17. The van der Waals surface area contributed by atoms with Crippen molar-refractivity contribution in [2.75, 3.05) is 0 Å². The summed E-state index contributed by atoms with van der Waals surface area (Å²) in [5.41, 5.74) is 15.8. The molecule has 2 aromatic carbocycles. The van der Waals surface area contributed by atoms with Gasteiger partial charge in [-0.2, -0.15) is 0 Å². The van der Waals surface area contributed by atoms with Gasteiger partial charge in [-0.3, -0.25) is 0 Å². The molecule has 2 heteroatoms. The summed E-state index contributed by atoms with van der Waals surface area (Å²) in [4.78, 5) is 0. The molecule has 0 aromatic heterocycles. The van der Waals surface area contributed by atoms with Crippen LogP contribution < -0.4 is 11.5 Å². The normalized spacial score (nSPS) is 31.0. The van der Waals surface area contributed by atoms with E-state index in [0.717, 1.165) is 32.1 Å². The molecule has 2 aromatic rings. The Labute approximate surface area is 139 Å². The van der Waals surface area contributed by atoms with Crippen molar-refractivity contribution in [3.05, 3.63) is 71.8 Å². The van der Waals surface area contributed by atoms with Crippen LogP contribution in [0.1, 0.15) is 37.3 Å². The Balaban J connectivity index is 1.83. The molecule has 3 rings (SSSR count). The van der Waals surface area contributed by atoms with Gasteiger partial charge in [0, 0.05) is 11.1 Å². The standard InChI is InChI=1S/C21H28N2/c1-20(22)12-13-21(23,15-18-10-6-3-7-11-18)19(16-20)14-17-8-4-2-5-9-17/h2-11,19H,12-16,22-23H2,1H3. The fourth-order valence-corrected chi connectivity index (χ4v) is 3.97. The minimum Gasteiger partial charge on any atom is -0.325 e. The van der Waals surface area contributed by atoms with Crippen LogP contribution in [0, 0.1) is 5.92 Å². The first-order valence-corrected chi connectivity index (χ1v) is 8.63. The van der Waals surface area contributed by atoms with Gasteiger partial charge in [0.25, 0.3) is 0 Å². The summed E-state index contributed by atoms with van der Waals surface area (Å²) < 4.78 is 0. The Bertz CT molecular complexity index is 621. The Morgan fingerprint density at radius 3 is 2.04 bits per heavy atom. The molecule has 3 atom stereocenters. The summed E-state index contributed by atoms with van der Waals surface area (Å²) in [6.07, 6.45) is 4.93. The van der Waals surface area contributed by atoms with Crippen molar-refractivity contribution in [3.63, 3.8) is 0 Å². The van der Waals surface area contributed by atoms with Crippen molar-refractivity contribution in [3.8, 4) is 0 Å². The van der Waals surface area contributed by atoms with Crippen LogP contribution in [0.5, 0.6) is 0 Å². The maximum absolute atomic E-state index is 6.95. The maximum Gasteiger partial charge on any atom is 0.0228 e. The average Bonchev–Trinajstić information content (AvgIpc) is 2.53. The van der Waals surface area contributed by atoms with E-state index >= 15 is 0 Å². The molecule has 0 radical (unpaired) electrons. The van der Waals surface area contributed by atoms with Gasteiger partial charge in [-0.1, -0.05) is 60.7 Å². The zero-order chi connectivity index (χ0) is 16.3. The van der Waals surface area contributed by atoms with Crippen LogP contribution in [-0.2, 0) is 12.8 Å². The van der Waals surface area contributed by atoms with Crippen LogP contribution in [-0.4, -0.2) is 11.1 Å². The second-order valence-electron chi connectivity index (χ2n) is 7.64. The average molecular weight is 308 g/mol. The van der Waals surface area contributed by atoms with E-state index < -0.39 is 0 Å². The first kappa shape index (κ1) is 16.2. The Hall–Kier alpha value is -1.64. The molecule has 2 nitrogen and oxygen atoms in total. The number of rotatable bonds is 4. The summed E-state index contributed by atoms with van der Waals surface area (Å²) in [7, 11) is 0. The number of benzene rings is 2. The zero-order valence-corrected chi connectivity index (χ0v) is 14.0. The van der Waals surface area contributed by atoms with Gasteiger partial charge in [0.15, 0.2) is 0 Å². The first-order valence-electron chi connectivity index (χ1n) is 8.63. The Morgan fingerprint density at radius 1 is 0.870 bits per heavy atom. The third-order valence-electron chi connectivity index (χ3n) is 5.39. The lowest BCUT2D eigenvalue weighted by Gasteiger charge is -2.48. The molecule has 1 aliphatic rings. The smallest absolute Gasteiger partial charge is 0.0228 e. The third kappa shape index (κ3) is 4.01. The summed E-state index contributed by atoms with van der Waals surface area (Å²) in [5, 5.41) is 0. The van der Waals surface area contributed by atoms with Crippen molar-refractivity contribution in [1.29, 1.82) is 0 Å². The topological polar surface area (TPSA) is 52.0 Å². The van der Waals surface area contributed by atoms with Crippen molar-refractivity contribution in [1.82, 2.24) is 0 Å². The molecular weight excluding hydrogens is 280 g/mol. The van der Waals surface area contributed by atoms with E-state index in [1.165, 1.54) is 11.1 Å². The Kier molecular flexibility index (Phi) is 4.56. The van der Waals surface area contributed by atoms with Gasteiger partial charge in [-0.25, -0.2) is 0 Å². The van der Waals surface area contributed by atoms with E-state index in [0.29, 0.717) is 5.92 Å². The van der Waals surface area contributed by atoms with Crippen LogP contribution >= 0.6 is 0 Å². The predicted octanol–water partition coefficient (Wildman–Crippen LogP) is 3.69. The van der Waals surface area contributed by atoms with Gasteiger partial charge in [0.1, 0.15) is 0 Å². The SMILES string of the molecule is CC1(N)CCC(N)(Cc2ccccc2)C(Cc2ccccc2)C1. The quantitative estimate of drug-likeness (QED) is 0.905. The molecule has 0 spiro atoms. The van der Waals surface area contributed by atoms with Crippen molar-refractivity contribution in [2.24, 2.45) is 17.4 Å². The lowest BCUT2D eigenvalue weighted by molar-refractivity contribution is 0.128. The van der Waals surface area contributed by atoms with Gasteiger partial charge < -0.3 is 11.5 Å². The summed E-state index contributed by atoms with van der Waals surface area (Å²) >= 11 is 0. The van der Waals surface area contributed by atoms with E-state index in [4.69, 9.17) is 11.5 Å². The molecule has 3 unspecified atom stereocenters. The highest BCUT2D eigenvalue weighted by molar-refractivity contribution is 5.22. The number of hydrogen-bond donors (Lipinski definition) is 2. The maximum atomic E-state index is 6.95. The van der Waals surface area contributed by atoms with Crippen molar-refractivity contribution >= 4 is 0 Å². The molecule has 1 aliphatic carbocycles. The van der Waals surface area contributed by atoms with Crippen LogP contribution in [0.2, 0.25) is 0 Å². The molecule has 0 amide bonds. The highest BCUT2D eigenvalue weighted by Crippen LogP contribution is 2.40. The van der Waals surface area contributed by atoms with E-state index in [1.54, 1.807) is 0 Å². The highest BCUT2D eigenvalue weighted by atomic mass is 14.8. The van der Waals surface area contributed by atoms with Gasteiger partial charge in [0.05, 0.1) is 0 Å². The molecule has 0 aliphatic heterocycles. The fourth-order valence-electron chi connectivity index (χ4n) is 3.97. The van der Waals surface area contributed by atoms with Crippen LogP contribution in [0.3, 0.4) is 0 Å². The first-order chi connectivity index (χ1) is 11.0. The molecule has 0 heterocycles. The van der Waals surface area contributed by atoms with Crippen LogP contribution in [0.25, 0.3) is 0 Å². The van der Waals surface area contributed by atoms with E-state index in [9.17, 15) is 0 Å².